The van der Waals surface area contributed by atoms with Crippen LogP contribution < -0.4 is 15.4 Å². The first-order valence-corrected chi connectivity index (χ1v) is 16.2. The van der Waals surface area contributed by atoms with Gasteiger partial charge in [-0.05, 0) is 69.3 Å². The van der Waals surface area contributed by atoms with E-state index in [-0.39, 0.29) is 23.8 Å². The number of carbonyl (C=O) groups excluding carboxylic acids is 3. The minimum absolute atomic E-state index is 0.103. The summed E-state index contributed by atoms with van der Waals surface area (Å²) in [4.78, 5) is 45.9. The summed E-state index contributed by atoms with van der Waals surface area (Å²) < 4.78 is 12.4. The quantitative estimate of drug-likeness (QED) is 0.341. The van der Waals surface area contributed by atoms with Crippen molar-refractivity contribution in [2.45, 2.75) is 75.7 Å². The number of nitrogens with zero attached hydrogens (tertiary/aromatic N) is 2. The monoisotopic (exact) mass is 600 g/mol. The third-order valence-corrected chi connectivity index (χ3v) is 9.59. The Bertz CT molecular complexity index is 1360. The molecule has 1 saturated carbocycles. The molecule has 2 aromatic carbocycles. The van der Waals surface area contributed by atoms with E-state index in [1.165, 1.54) is 6.42 Å². The standard InChI is InChI=1S/C35H44N4O5/c1-3-4-21-38(2)22-23-39-31(33(41)37-24-11-7-5-8-12-24)35-20-19-28(44-35)29(30(35)34(39)42)32(40)36-25-15-17-27(18-16-25)43-26-13-9-6-10-14-26/h6,9-10,13-20,24,28-31H,3-5,7-8,11-12,21-23H2,1-2H3,(H,36,40)(H,37,41)/t28-,29+,30-,31-,35+/m1/s1. The second-order valence-corrected chi connectivity index (χ2v) is 12.7. The number of hydrogen-bond acceptors (Lipinski definition) is 6. The average molecular weight is 601 g/mol. The smallest absolute Gasteiger partial charge is 0.246 e. The fourth-order valence-corrected chi connectivity index (χ4v) is 7.31. The zero-order chi connectivity index (χ0) is 30.7. The summed E-state index contributed by atoms with van der Waals surface area (Å²) in [6, 6.07) is 15.9. The third-order valence-electron chi connectivity index (χ3n) is 9.59. The number of unbranched alkanes of at least 4 members (excludes halogenated alkanes) is 1. The molecule has 3 aliphatic heterocycles. The number of benzene rings is 2. The zero-order valence-electron chi connectivity index (χ0n) is 25.7. The van der Waals surface area contributed by atoms with E-state index in [0.29, 0.717) is 24.5 Å². The molecule has 234 valence electrons. The van der Waals surface area contributed by atoms with Crippen molar-refractivity contribution in [2.75, 3.05) is 32.0 Å². The van der Waals surface area contributed by atoms with Crippen LogP contribution in [0.15, 0.2) is 66.7 Å². The number of nitrogens with one attached hydrogen (secondary N) is 2. The number of para-hydroxylation sites is 1. The second-order valence-electron chi connectivity index (χ2n) is 12.7. The van der Waals surface area contributed by atoms with Gasteiger partial charge in [0.25, 0.3) is 0 Å². The molecular formula is C35H44N4O5. The Kier molecular flexibility index (Phi) is 9.05. The largest absolute Gasteiger partial charge is 0.457 e. The molecule has 0 aromatic heterocycles. The van der Waals surface area contributed by atoms with Crippen molar-refractivity contribution in [1.29, 1.82) is 0 Å². The summed E-state index contributed by atoms with van der Waals surface area (Å²) in [7, 11) is 2.04. The van der Waals surface area contributed by atoms with Crippen LogP contribution in [-0.4, -0.2) is 78.0 Å². The predicted octanol–water partition coefficient (Wildman–Crippen LogP) is 4.75. The summed E-state index contributed by atoms with van der Waals surface area (Å²) in [5, 5.41) is 6.26. The van der Waals surface area contributed by atoms with Gasteiger partial charge in [-0.15, -0.1) is 0 Å². The molecule has 1 aliphatic carbocycles. The molecule has 5 atom stereocenters. The molecule has 3 heterocycles. The van der Waals surface area contributed by atoms with Crippen LogP contribution in [0.3, 0.4) is 0 Å². The molecule has 44 heavy (non-hydrogen) atoms. The number of amides is 3. The van der Waals surface area contributed by atoms with Crippen LogP contribution in [0.25, 0.3) is 0 Å². The normalized spacial score (nSPS) is 27.5. The minimum Gasteiger partial charge on any atom is -0.457 e. The molecule has 2 aromatic rings. The number of hydrogen-bond donors (Lipinski definition) is 2. The predicted molar refractivity (Wildman–Crippen MR) is 168 cm³/mol. The van der Waals surface area contributed by atoms with Gasteiger partial charge in [0.2, 0.25) is 17.7 Å². The molecule has 2 bridgehead atoms. The fourth-order valence-electron chi connectivity index (χ4n) is 7.31. The van der Waals surface area contributed by atoms with E-state index in [4.69, 9.17) is 9.47 Å². The van der Waals surface area contributed by atoms with Crippen molar-refractivity contribution in [3.8, 4) is 11.5 Å². The Morgan fingerprint density at radius 3 is 2.45 bits per heavy atom. The van der Waals surface area contributed by atoms with Crippen molar-refractivity contribution >= 4 is 23.4 Å². The molecule has 1 spiro atoms. The number of ether oxygens (including phenoxy) is 2. The zero-order valence-corrected chi connectivity index (χ0v) is 25.7. The van der Waals surface area contributed by atoms with Crippen LogP contribution in [0, 0.1) is 11.8 Å². The highest BCUT2D eigenvalue weighted by atomic mass is 16.5. The number of likely N-dealkylation sites (tertiary alicyclic amines) is 1. The lowest BCUT2D eigenvalue weighted by Gasteiger charge is -2.34. The Morgan fingerprint density at radius 1 is 1.00 bits per heavy atom. The van der Waals surface area contributed by atoms with Gasteiger partial charge in [-0.1, -0.05) is 63.0 Å². The van der Waals surface area contributed by atoms with E-state index in [0.717, 1.165) is 50.8 Å². The minimum atomic E-state index is -1.15. The molecule has 3 fully saturated rings. The van der Waals surface area contributed by atoms with Crippen LogP contribution in [0.2, 0.25) is 0 Å². The van der Waals surface area contributed by atoms with Crippen LogP contribution in [0.1, 0.15) is 51.9 Å². The summed E-state index contributed by atoms with van der Waals surface area (Å²) in [5.41, 5.74) is -0.555. The van der Waals surface area contributed by atoms with Crippen LogP contribution in [-0.2, 0) is 19.1 Å². The lowest BCUT2D eigenvalue weighted by molar-refractivity contribution is -0.141. The highest BCUT2D eigenvalue weighted by Gasteiger charge is 2.72. The molecule has 0 radical (unpaired) electrons. The summed E-state index contributed by atoms with van der Waals surface area (Å²) in [6.07, 6.45) is 10.6. The molecule has 2 N–H and O–H groups in total. The molecule has 4 aliphatic rings. The maximum Gasteiger partial charge on any atom is 0.246 e. The Hall–Kier alpha value is -3.69. The molecule has 3 amide bonds. The van der Waals surface area contributed by atoms with Crippen molar-refractivity contribution in [1.82, 2.24) is 15.1 Å². The first kappa shape index (κ1) is 30.3. The Morgan fingerprint density at radius 2 is 1.73 bits per heavy atom. The summed E-state index contributed by atoms with van der Waals surface area (Å²) in [5.74, 6) is -0.771. The molecule has 2 saturated heterocycles. The van der Waals surface area contributed by atoms with E-state index >= 15 is 0 Å². The maximum atomic E-state index is 14.2. The van der Waals surface area contributed by atoms with E-state index in [2.05, 4.69) is 22.5 Å². The Labute approximate surface area is 260 Å². The first-order valence-electron chi connectivity index (χ1n) is 16.2. The number of anilines is 1. The van der Waals surface area contributed by atoms with Gasteiger partial charge in [-0.2, -0.15) is 0 Å². The number of fused-ring (bicyclic) bond motifs is 1. The van der Waals surface area contributed by atoms with Gasteiger partial charge in [0.1, 0.15) is 23.1 Å². The van der Waals surface area contributed by atoms with E-state index in [9.17, 15) is 14.4 Å². The molecule has 9 heteroatoms. The van der Waals surface area contributed by atoms with Crippen LogP contribution in [0.4, 0.5) is 5.69 Å². The van der Waals surface area contributed by atoms with Crippen molar-refractivity contribution in [2.24, 2.45) is 11.8 Å². The maximum absolute atomic E-state index is 14.2. The topological polar surface area (TPSA) is 100 Å². The van der Waals surface area contributed by atoms with Crippen molar-refractivity contribution < 1.29 is 23.9 Å². The highest BCUT2D eigenvalue weighted by molar-refractivity contribution is 6.02. The number of carbonyl (C=O) groups is 3. The van der Waals surface area contributed by atoms with Crippen molar-refractivity contribution in [3.63, 3.8) is 0 Å². The average Bonchev–Trinajstić information content (AvgIpc) is 3.68. The Balaban J connectivity index is 1.20. The van der Waals surface area contributed by atoms with Gasteiger partial charge in [0, 0.05) is 24.8 Å². The van der Waals surface area contributed by atoms with Crippen LogP contribution >= 0.6 is 0 Å². The van der Waals surface area contributed by atoms with E-state index < -0.39 is 29.6 Å². The number of rotatable bonds is 12. The van der Waals surface area contributed by atoms with Gasteiger partial charge >= 0.3 is 0 Å². The van der Waals surface area contributed by atoms with Crippen LogP contribution in [0.5, 0.6) is 11.5 Å². The van der Waals surface area contributed by atoms with Gasteiger partial charge in [0.15, 0.2) is 0 Å². The molecule has 9 nitrogen and oxygen atoms in total. The van der Waals surface area contributed by atoms with Gasteiger partial charge in [-0.3, -0.25) is 14.4 Å². The van der Waals surface area contributed by atoms with E-state index in [1.54, 1.807) is 29.2 Å². The SMILES string of the molecule is CCCCN(C)CCN1C(=O)[C@H]2[C@@H](C(=O)Nc3ccc(Oc4ccccc4)cc3)[C@H]3C=C[C@@]2(O3)[C@H]1C(=O)NC1CCCCC1. The second kappa shape index (κ2) is 13.1. The van der Waals surface area contributed by atoms with E-state index in [1.807, 2.05) is 49.5 Å². The highest BCUT2D eigenvalue weighted by Crippen LogP contribution is 2.55. The lowest BCUT2D eigenvalue weighted by Crippen LogP contribution is -2.57. The third kappa shape index (κ3) is 6.00. The van der Waals surface area contributed by atoms with Gasteiger partial charge < -0.3 is 29.9 Å². The molecule has 0 unspecified atom stereocenters. The summed E-state index contributed by atoms with van der Waals surface area (Å²) in [6.45, 7) is 4.12. The van der Waals surface area contributed by atoms with Gasteiger partial charge in [0.05, 0.1) is 17.9 Å². The van der Waals surface area contributed by atoms with Gasteiger partial charge in [-0.25, -0.2) is 0 Å². The molecular weight excluding hydrogens is 556 g/mol. The fraction of sp³-hybridized carbons (Fsp3) is 0.514. The summed E-state index contributed by atoms with van der Waals surface area (Å²) >= 11 is 0. The van der Waals surface area contributed by atoms with Crippen molar-refractivity contribution in [3.05, 3.63) is 66.7 Å². The lowest BCUT2D eigenvalue weighted by atomic mass is 9.74. The molecule has 6 rings (SSSR count). The number of likely N-dealkylation sites (N-methyl/N-ethyl adjacent to an activating group) is 1. The first-order chi connectivity index (χ1) is 21.4.